The molecule has 1 amide bonds. The monoisotopic (exact) mass is 395 g/mol. The predicted molar refractivity (Wildman–Crippen MR) is 112 cm³/mol. The Morgan fingerprint density at radius 3 is 2.39 bits per heavy atom. The van der Waals surface area contributed by atoms with E-state index in [-0.39, 0.29) is 24.2 Å². The first kappa shape index (κ1) is 19.8. The lowest BCUT2D eigenvalue weighted by Crippen LogP contribution is -2.07. The maximum atomic E-state index is 12.0. The van der Waals surface area contributed by atoms with Gasteiger partial charge >= 0.3 is 5.97 Å². The van der Waals surface area contributed by atoms with Gasteiger partial charge in [-0.3, -0.25) is 9.59 Å². The molecule has 0 aliphatic carbocycles. The average molecular weight is 395 g/mol. The summed E-state index contributed by atoms with van der Waals surface area (Å²) in [5.41, 5.74) is 1.67. The van der Waals surface area contributed by atoms with Gasteiger partial charge < -0.3 is 14.8 Å². The SMILES string of the molecule is COc1ccc2cc(COC(=O)CSc3ccc(NC(C)=O)cc3)ccc2c1. The molecule has 28 heavy (non-hydrogen) atoms. The first-order chi connectivity index (χ1) is 13.5. The Labute approximate surface area is 168 Å². The number of hydrogen-bond donors (Lipinski definition) is 1. The molecule has 5 nitrogen and oxygen atoms in total. The number of nitrogens with one attached hydrogen (secondary N) is 1. The van der Waals surface area contributed by atoms with Gasteiger partial charge in [0.15, 0.2) is 0 Å². The van der Waals surface area contributed by atoms with Crippen molar-refractivity contribution in [2.24, 2.45) is 0 Å². The minimum absolute atomic E-state index is 0.114. The summed E-state index contributed by atoms with van der Waals surface area (Å²) >= 11 is 1.40. The van der Waals surface area contributed by atoms with Crippen molar-refractivity contribution >= 4 is 40.1 Å². The third-order valence-electron chi connectivity index (χ3n) is 4.04. The van der Waals surface area contributed by atoms with Crippen molar-refractivity contribution < 1.29 is 19.1 Å². The third kappa shape index (κ3) is 5.50. The van der Waals surface area contributed by atoms with Crippen molar-refractivity contribution in [3.05, 3.63) is 66.2 Å². The van der Waals surface area contributed by atoms with Crippen molar-refractivity contribution in [2.75, 3.05) is 18.2 Å². The van der Waals surface area contributed by atoms with Crippen LogP contribution in [0.5, 0.6) is 5.75 Å². The van der Waals surface area contributed by atoms with Crippen LogP contribution in [0, 0.1) is 0 Å². The van der Waals surface area contributed by atoms with Crippen LogP contribution in [0.1, 0.15) is 12.5 Å². The van der Waals surface area contributed by atoms with Crippen molar-refractivity contribution in [1.82, 2.24) is 0 Å². The van der Waals surface area contributed by atoms with Crippen LogP contribution in [0.25, 0.3) is 10.8 Å². The fraction of sp³-hybridized carbons (Fsp3) is 0.182. The van der Waals surface area contributed by atoms with E-state index < -0.39 is 0 Å². The lowest BCUT2D eigenvalue weighted by Gasteiger charge is -2.08. The molecule has 0 unspecified atom stereocenters. The van der Waals surface area contributed by atoms with Gasteiger partial charge in [0, 0.05) is 17.5 Å². The van der Waals surface area contributed by atoms with E-state index in [0.717, 1.165) is 32.7 Å². The van der Waals surface area contributed by atoms with Gasteiger partial charge in [-0.25, -0.2) is 0 Å². The van der Waals surface area contributed by atoms with E-state index in [1.807, 2.05) is 48.5 Å². The molecule has 0 spiro atoms. The highest BCUT2D eigenvalue weighted by molar-refractivity contribution is 8.00. The third-order valence-corrected chi connectivity index (χ3v) is 5.03. The summed E-state index contributed by atoms with van der Waals surface area (Å²) in [6.07, 6.45) is 0. The molecule has 0 saturated carbocycles. The van der Waals surface area contributed by atoms with Crippen LogP contribution < -0.4 is 10.1 Å². The smallest absolute Gasteiger partial charge is 0.316 e. The number of methoxy groups -OCH3 is 1. The number of anilines is 1. The lowest BCUT2D eigenvalue weighted by atomic mass is 10.1. The van der Waals surface area contributed by atoms with E-state index >= 15 is 0 Å². The lowest BCUT2D eigenvalue weighted by molar-refractivity contribution is -0.141. The number of fused-ring (bicyclic) bond motifs is 1. The van der Waals surface area contributed by atoms with Gasteiger partial charge in [-0.05, 0) is 58.8 Å². The number of thioether (sulfide) groups is 1. The van der Waals surface area contributed by atoms with Gasteiger partial charge in [-0.2, -0.15) is 0 Å². The highest BCUT2D eigenvalue weighted by atomic mass is 32.2. The van der Waals surface area contributed by atoms with Crippen molar-refractivity contribution in [3.8, 4) is 5.75 Å². The Kier molecular flexibility index (Phi) is 6.55. The van der Waals surface area contributed by atoms with Crippen LogP contribution in [0.2, 0.25) is 0 Å². The van der Waals surface area contributed by atoms with Gasteiger partial charge in [0.1, 0.15) is 12.4 Å². The number of amides is 1. The van der Waals surface area contributed by atoms with Crippen LogP contribution in [-0.4, -0.2) is 24.7 Å². The topological polar surface area (TPSA) is 64.6 Å². The van der Waals surface area contributed by atoms with Crippen LogP contribution in [0.3, 0.4) is 0 Å². The second kappa shape index (κ2) is 9.28. The molecule has 3 aromatic rings. The Bertz CT molecular complexity index is 985. The molecule has 0 aromatic heterocycles. The Morgan fingerprint density at radius 2 is 1.68 bits per heavy atom. The zero-order valence-electron chi connectivity index (χ0n) is 15.7. The van der Waals surface area contributed by atoms with Crippen LogP contribution in [-0.2, 0) is 20.9 Å². The normalized spacial score (nSPS) is 10.5. The van der Waals surface area contributed by atoms with E-state index in [1.54, 1.807) is 19.2 Å². The van der Waals surface area contributed by atoms with Gasteiger partial charge in [-0.15, -0.1) is 11.8 Å². The molecule has 0 aliphatic heterocycles. The number of carbonyl (C=O) groups excluding carboxylic acids is 2. The minimum atomic E-state index is -0.272. The summed E-state index contributed by atoms with van der Waals surface area (Å²) in [5, 5.41) is 4.86. The summed E-state index contributed by atoms with van der Waals surface area (Å²) in [5.74, 6) is 0.654. The molecule has 0 fully saturated rings. The Balaban J connectivity index is 1.50. The van der Waals surface area contributed by atoms with E-state index in [2.05, 4.69) is 5.32 Å². The molecule has 3 aromatic carbocycles. The van der Waals surface area contributed by atoms with Gasteiger partial charge in [0.25, 0.3) is 0 Å². The van der Waals surface area contributed by atoms with Gasteiger partial charge in [0.2, 0.25) is 5.91 Å². The van der Waals surface area contributed by atoms with E-state index in [0.29, 0.717) is 0 Å². The highest BCUT2D eigenvalue weighted by Crippen LogP contribution is 2.23. The maximum absolute atomic E-state index is 12.0. The highest BCUT2D eigenvalue weighted by Gasteiger charge is 2.06. The first-order valence-electron chi connectivity index (χ1n) is 8.76. The number of rotatable bonds is 7. The molecule has 0 bridgehead atoms. The molecular weight excluding hydrogens is 374 g/mol. The van der Waals surface area contributed by atoms with Crippen molar-refractivity contribution in [3.63, 3.8) is 0 Å². The molecule has 3 rings (SSSR count). The Hall–Kier alpha value is -2.99. The molecular formula is C22H21NO4S. The molecule has 144 valence electrons. The summed E-state index contributed by atoms with van der Waals surface area (Å²) in [6, 6.07) is 19.1. The van der Waals surface area contributed by atoms with Crippen LogP contribution >= 0.6 is 11.8 Å². The minimum Gasteiger partial charge on any atom is -0.497 e. The quantitative estimate of drug-likeness (QED) is 0.466. The fourth-order valence-electron chi connectivity index (χ4n) is 2.68. The molecule has 0 aliphatic rings. The van der Waals surface area contributed by atoms with E-state index in [4.69, 9.17) is 9.47 Å². The maximum Gasteiger partial charge on any atom is 0.316 e. The zero-order valence-corrected chi connectivity index (χ0v) is 16.5. The molecule has 0 saturated heterocycles. The molecule has 0 radical (unpaired) electrons. The summed E-state index contributed by atoms with van der Waals surface area (Å²) in [4.78, 5) is 24.0. The van der Waals surface area contributed by atoms with Crippen LogP contribution in [0.4, 0.5) is 5.69 Å². The van der Waals surface area contributed by atoms with Crippen molar-refractivity contribution in [1.29, 1.82) is 0 Å². The standard InChI is InChI=1S/C22H21NO4S/c1-15(24)23-19-6-9-21(10-7-19)28-14-22(25)27-13-16-3-4-18-12-20(26-2)8-5-17(18)11-16/h3-12H,13-14H2,1-2H3,(H,23,24). The molecule has 0 heterocycles. The fourth-order valence-corrected chi connectivity index (χ4v) is 3.37. The van der Waals surface area contributed by atoms with E-state index in [1.165, 1.54) is 18.7 Å². The molecule has 0 atom stereocenters. The summed E-state index contributed by atoms with van der Waals surface area (Å²) in [6.45, 7) is 1.70. The predicted octanol–water partition coefficient (Wildman–Crippen LogP) is 4.64. The van der Waals surface area contributed by atoms with Gasteiger partial charge in [-0.1, -0.05) is 18.2 Å². The first-order valence-corrected chi connectivity index (χ1v) is 9.75. The number of esters is 1. The largest absolute Gasteiger partial charge is 0.497 e. The summed E-state index contributed by atoms with van der Waals surface area (Å²) < 4.78 is 10.6. The van der Waals surface area contributed by atoms with E-state index in [9.17, 15) is 9.59 Å². The number of benzene rings is 3. The van der Waals surface area contributed by atoms with Gasteiger partial charge in [0.05, 0.1) is 12.9 Å². The molecule has 6 heteroatoms. The number of ether oxygens (including phenoxy) is 2. The second-order valence-corrected chi connectivity index (χ2v) is 7.25. The number of hydrogen-bond acceptors (Lipinski definition) is 5. The van der Waals surface area contributed by atoms with Crippen LogP contribution in [0.15, 0.2) is 65.6 Å². The van der Waals surface area contributed by atoms with Crippen molar-refractivity contribution in [2.45, 2.75) is 18.4 Å². The summed E-state index contributed by atoms with van der Waals surface area (Å²) in [7, 11) is 1.64. The molecule has 1 N–H and O–H groups in total. The second-order valence-electron chi connectivity index (χ2n) is 6.20. The zero-order chi connectivity index (χ0) is 19.9. The average Bonchev–Trinajstić information content (AvgIpc) is 2.70. The Morgan fingerprint density at radius 1 is 0.964 bits per heavy atom. The number of carbonyl (C=O) groups is 2.